The Morgan fingerprint density at radius 3 is 2.52 bits per heavy atom. The van der Waals surface area contributed by atoms with E-state index in [2.05, 4.69) is 13.8 Å². The van der Waals surface area contributed by atoms with E-state index in [0.717, 1.165) is 18.4 Å². The van der Waals surface area contributed by atoms with Crippen molar-refractivity contribution in [1.82, 2.24) is 0 Å². The Morgan fingerprint density at radius 1 is 1.24 bits per heavy atom. The summed E-state index contributed by atoms with van der Waals surface area (Å²) in [6.45, 7) is 9.05. The minimum Gasteiger partial charge on any atom is -0.490 e. The van der Waals surface area contributed by atoms with Gasteiger partial charge in [-0.05, 0) is 37.7 Å². The molecule has 0 aromatic heterocycles. The van der Waals surface area contributed by atoms with Gasteiger partial charge in [-0.25, -0.2) is 0 Å². The lowest BCUT2D eigenvalue weighted by molar-refractivity contribution is 0.0930. The molecule has 4 heteroatoms. The summed E-state index contributed by atoms with van der Waals surface area (Å²) in [5.41, 5.74) is 1.51. The second-order valence-electron chi connectivity index (χ2n) is 6.17. The molecule has 0 heterocycles. The minimum absolute atomic E-state index is 0.0192. The molecule has 1 aliphatic carbocycles. The van der Waals surface area contributed by atoms with Crippen LogP contribution in [0.4, 0.5) is 0 Å². The molecular formula is C17H23ClO3. The molecule has 0 aliphatic heterocycles. The van der Waals surface area contributed by atoms with Gasteiger partial charge < -0.3 is 9.47 Å². The van der Waals surface area contributed by atoms with Crippen LogP contribution in [0.2, 0.25) is 5.02 Å². The molecule has 0 fully saturated rings. The lowest BCUT2D eigenvalue weighted by Crippen LogP contribution is -2.15. The quantitative estimate of drug-likeness (QED) is 0.757. The van der Waals surface area contributed by atoms with E-state index in [0.29, 0.717) is 41.7 Å². The van der Waals surface area contributed by atoms with Crippen LogP contribution in [-0.2, 0) is 6.42 Å². The van der Waals surface area contributed by atoms with E-state index in [9.17, 15) is 4.79 Å². The summed E-state index contributed by atoms with van der Waals surface area (Å²) in [4.78, 5) is 12.7. The molecule has 0 spiro atoms. The molecular weight excluding hydrogens is 288 g/mol. The number of halogens is 1. The number of hydrogen-bond acceptors (Lipinski definition) is 3. The fraction of sp³-hybridized carbons (Fsp3) is 0.588. The van der Waals surface area contributed by atoms with Gasteiger partial charge in [0, 0.05) is 17.5 Å². The number of fused-ring (bicyclic) bond motifs is 1. The van der Waals surface area contributed by atoms with Crippen LogP contribution in [0.15, 0.2) is 6.07 Å². The third-order valence-electron chi connectivity index (χ3n) is 3.86. The molecule has 2 rings (SSSR count). The van der Waals surface area contributed by atoms with Crippen LogP contribution in [0, 0.1) is 5.41 Å². The summed E-state index contributed by atoms with van der Waals surface area (Å²) < 4.78 is 11.3. The highest BCUT2D eigenvalue weighted by molar-refractivity contribution is 6.32. The van der Waals surface area contributed by atoms with E-state index in [1.807, 2.05) is 13.8 Å². The zero-order valence-electron chi connectivity index (χ0n) is 13.2. The third kappa shape index (κ3) is 3.34. The predicted octanol–water partition coefficient (Wildman–Crippen LogP) is 4.68. The molecule has 0 unspecified atom stereocenters. The van der Waals surface area contributed by atoms with E-state index >= 15 is 0 Å². The lowest BCUT2D eigenvalue weighted by Gasteiger charge is -2.20. The molecule has 0 N–H and O–H groups in total. The van der Waals surface area contributed by atoms with Gasteiger partial charge in [-0.2, -0.15) is 0 Å². The second kappa shape index (κ2) is 6.27. The minimum atomic E-state index is -0.0192. The van der Waals surface area contributed by atoms with Crippen molar-refractivity contribution in [3.8, 4) is 11.5 Å². The van der Waals surface area contributed by atoms with Crippen LogP contribution in [-0.4, -0.2) is 19.0 Å². The molecule has 0 saturated carbocycles. The number of carbonyl (C=O) groups is 1. The molecule has 1 aromatic rings. The summed E-state index contributed by atoms with van der Waals surface area (Å²) in [5.74, 6) is 1.22. The Morgan fingerprint density at radius 2 is 1.90 bits per heavy atom. The number of benzene rings is 1. The first-order valence-electron chi connectivity index (χ1n) is 7.53. The average molecular weight is 311 g/mol. The first kappa shape index (κ1) is 16.2. The monoisotopic (exact) mass is 310 g/mol. The Balaban J connectivity index is 2.62. The van der Waals surface area contributed by atoms with Crippen molar-refractivity contribution in [2.75, 3.05) is 13.2 Å². The standard InChI is InChI=1S/C17H23ClO3/c1-5-20-14-9-12(18)11-7-8-17(3,4)10-13(19)15(11)16(14)21-6-2/h9H,5-8,10H2,1-4H3. The highest BCUT2D eigenvalue weighted by atomic mass is 35.5. The highest BCUT2D eigenvalue weighted by Crippen LogP contribution is 2.44. The van der Waals surface area contributed by atoms with Crippen LogP contribution in [0.25, 0.3) is 0 Å². The van der Waals surface area contributed by atoms with Gasteiger partial charge in [0.25, 0.3) is 0 Å². The number of ether oxygens (including phenoxy) is 2. The molecule has 0 radical (unpaired) electrons. The lowest BCUT2D eigenvalue weighted by atomic mass is 9.84. The van der Waals surface area contributed by atoms with Gasteiger partial charge in [-0.3, -0.25) is 4.79 Å². The number of rotatable bonds is 4. The Bertz CT molecular complexity index is 549. The zero-order valence-corrected chi connectivity index (χ0v) is 14.0. The Kier molecular flexibility index (Phi) is 4.82. The molecule has 1 aliphatic rings. The van der Waals surface area contributed by atoms with E-state index in [1.54, 1.807) is 6.07 Å². The van der Waals surface area contributed by atoms with Crippen LogP contribution in [0.1, 0.15) is 56.5 Å². The summed E-state index contributed by atoms with van der Waals surface area (Å²) >= 11 is 6.40. The van der Waals surface area contributed by atoms with Gasteiger partial charge in [0.1, 0.15) is 0 Å². The summed E-state index contributed by atoms with van der Waals surface area (Å²) in [5, 5.41) is 0.600. The average Bonchev–Trinajstić information content (AvgIpc) is 2.51. The third-order valence-corrected chi connectivity index (χ3v) is 4.19. The van der Waals surface area contributed by atoms with Crippen molar-refractivity contribution in [1.29, 1.82) is 0 Å². The maximum absolute atomic E-state index is 12.7. The van der Waals surface area contributed by atoms with Crippen molar-refractivity contribution in [3.05, 3.63) is 22.2 Å². The predicted molar refractivity (Wildman–Crippen MR) is 84.8 cm³/mol. The van der Waals surface area contributed by atoms with Crippen LogP contribution >= 0.6 is 11.6 Å². The fourth-order valence-electron chi connectivity index (χ4n) is 2.81. The van der Waals surface area contributed by atoms with Crippen molar-refractivity contribution >= 4 is 17.4 Å². The molecule has 21 heavy (non-hydrogen) atoms. The number of hydrogen-bond donors (Lipinski definition) is 0. The molecule has 0 amide bonds. The summed E-state index contributed by atoms with van der Waals surface area (Å²) in [7, 11) is 0. The number of Topliss-reactive ketones (excluding diaryl/α,β-unsaturated/α-hetero) is 1. The van der Waals surface area contributed by atoms with E-state index in [-0.39, 0.29) is 11.2 Å². The summed E-state index contributed by atoms with van der Waals surface area (Å²) in [6.07, 6.45) is 2.23. The van der Waals surface area contributed by atoms with Gasteiger partial charge in [-0.15, -0.1) is 0 Å². The zero-order chi connectivity index (χ0) is 15.6. The largest absolute Gasteiger partial charge is 0.490 e. The van der Waals surface area contributed by atoms with Crippen molar-refractivity contribution in [2.45, 2.75) is 47.0 Å². The highest BCUT2D eigenvalue weighted by Gasteiger charge is 2.33. The van der Waals surface area contributed by atoms with Crippen LogP contribution < -0.4 is 9.47 Å². The first-order valence-corrected chi connectivity index (χ1v) is 7.91. The Hall–Kier alpha value is -1.22. The smallest absolute Gasteiger partial charge is 0.172 e. The molecule has 3 nitrogen and oxygen atoms in total. The maximum Gasteiger partial charge on any atom is 0.172 e. The molecule has 116 valence electrons. The molecule has 0 bridgehead atoms. The molecule has 0 atom stereocenters. The SMILES string of the molecule is CCOc1cc(Cl)c2c(c1OCC)C(=O)CC(C)(C)CC2. The van der Waals surface area contributed by atoms with E-state index < -0.39 is 0 Å². The number of carbonyl (C=O) groups excluding carboxylic acids is 1. The van der Waals surface area contributed by atoms with Crippen LogP contribution in [0.3, 0.4) is 0 Å². The molecule has 0 saturated heterocycles. The van der Waals surface area contributed by atoms with E-state index in [4.69, 9.17) is 21.1 Å². The fourth-order valence-corrected chi connectivity index (χ4v) is 3.10. The van der Waals surface area contributed by atoms with Crippen molar-refractivity contribution in [3.63, 3.8) is 0 Å². The van der Waals surface area contributed by atoms with Gasteiger partial charge in [0.05, 0.1) is 18.8 Å². The van der Waals surface area contributed by atoms with Gasteiger partial charge in [-0.1, -0.05) is 25.4 Å². The van der Waals surface area contributed by atoms with Crippen molar-refractivity contribution < 1.29 is 14.3 Å². The van der Waals surface area contributed by atoms with Gasteiger partial charge in [0.15, 0.2) is 17.3 Å². The number of ketones is 1. The normalized spacial score (nSPS) is 17.1. The maximum atomic E-state index is 12.7. The summed E-state index contributed by atoms with van der Waals surface area (Å²) in [6, 6.07) is 1.78. The van der Waals surface area contributed by atoms with Crippen molar-refractivity contribution in [2.24, 2.45) is 5.41 Å². The Labute approximate surface area is 131 Å². The molecule has 1 aromatic carbocycles. The van der Waals surface area contributed by atoms with Crippen LogP contribution in [0.5, 0.6) is 11.5 Å². The topological polar surface area (TPSA) is 35.5 Å². The second-order valence-corrected chi connectivity index (χ2v) is 6.58. The van der Waals surface area contributed by atoms with E-state index in [1.165, 1.54) is 0 Å². The van der Waals surface area contributed by atoms with Gasteiger partial charge >= 0.3 is 0 Å². The first-order chi connectivity index (χ1) is 9.89. The van der Waals surface area contributed by atoms with Gasteiger partial charge in [0.2, 0.25) is 0 Å².